The molecule has 0 spiro atoms. The summed E-state index contributed by atoms with van der Waals surface area (Å²) in [6.07, 6.45) is 1.25. The molecule has 0 saturated carbocycles. The van der Waals surface area contributed by atoms with Crippen LogP contribution in [0, 0.1) is 5.82 Å². The van der Waals surface area contributed by atoms with Gasteiger partial charge >= 0.3 is 17.8 Å². The summed E-state index contributed by atoms with van der Waals surface area (Å²) >= 11 is 5.98. The first-order chi connectivity index (χ1) is 14.9. The van der Waals surface area contributed by atoms with E-state index in [2.05, 4.69) is 10.4 Å². The summed E-state index contributed by atoms with van der Waals surface area (Å²) in [6, 6.07) is 18.2. The molecule has 0 aliphatic heterocycles. The zero-order valence-corrected chi connectivity index (χ0v) is 16.6. The number of carbonyl (C=O) groups is 3. The number of hydrazone groups is 1. The highest BCUT2D eigenvalue weighted by atomic mass is 35.5. The van der Waals surface area contributed by atoms with Gasteiger partial charge in [0.2, 0.25) is 0 Å². The highest BCUT2D eigenvalue weighted by molar-refractivity contribution is 6.39. The van der Waals surface area contributed by atoms with Gasteiger partial charge in [0.25, 0.3) is 0 Å². The van der Waals surface area contributed by atoms with Gasteiger partial charge in [0.15, 0.2) is 0 Å². The first-order valence-corrected chi connectivity index (χ1v) is 9.27. The Hall–Kier alpha value is -4.04. The van der Waals surface area contributed by atoms with Crippen LogP contribution in [0.3, 0.4) is 0 Å². The molecule has 9 heteroatoms. The maximum Gasteiger partial charge on any atom is 0.345 e. The van der Waals surface area contributed by atoms with Gasteiger partial charge in [-0.3, -0.25) is 9.59 Å². The van der Waals surface area contributed by atoms with E-state index in [1.54, 1.807) is 36.4 Å². The fourth-order valence-corrected chi connectivity index (χ4v) is 2.62. The number of ether oxygens (including phenoxy) is 1. The molecule has 0 aromatic heterocycles. The number of nitrogens with one attached hydrogen (secondary N) is 2. The SMILES string of the molecule is O=C(N/N=C/c1cccc(OC(=O)c2ccccc2Cl)c1)C(=O)Nc1ccccc1F. The van der Waals surface area contributed by atoms with E-state index < -0.39 is 23.6 Å². The lowest BCUT2D eigenvalue weighted by molar-refractivity contribution is -0.136. The van der Waals surface area contributed by atoms with Gasteiger partial charge in [-0.05, 0) is 42.0 Å². The minimum Gasteiger partial charge on any atom is -0.423 e. The lowest BCUT2D eigenvalue weighted by Crippen LogP contribution is -2.32. The van der Waals surface area contributed by atoms with Crippen LogP contribution in [-0.2, 0) is 9.59 Å². The van der Waals surface area contributed by atoms with E-state index in [0.717, 1.165) is 6.07 Å². The highest BCUT2D eigenvalue weighted by Crippen LogP contribution is 2.19. The van der Waals surface area contributed by atoms with Crippen molar-refractivity contribution in [1.82, 2.24) is 5.43 Å². The summed E-state index contributed by atoms with van der Waals surface area (Å²) in [4.78, 5) is 35.9. The Morgan fingerprint density at radius 3 is 2.45 bits per heavy atom. The van der Waals surface area contributed by atoms with E-state index in [4.69, 9.17) is 16.3 Å². The first kappa shape index (κ1) is 21.7. The van der Waals surface area contributed by atoms with Crippen LogP contribution in [0.2, 0.25) is 5.02 Å². The van der Waals surface area contributed by atoms with Crippen LogP contribution in [0.4, 0.5) is 10.1 Å². The van der Waals surface area contributed by atoms with E-state index in [0.29, 0.717) is 5.56 Å². The van der Waals surface area contributed by atoms with Gasteiger partial charge in [-0.1, -0.05) is 48.0 Å². The second-order valence-corrected chi connectivity index (χ2v) is 6.48. The van der Waals surface area contributed by atoms with Crippen molar-refractivity contribution in [2.24, 2.45) is 5.10 Å². The third-order valence-corrected chi connectivity index (χ3v) is 4.20. The van der Waals surface area contributed by atoms with Crippen molar-refractivity contribution >= 4 is 41.3 Å². The van der Waals surface area contributed by atoms with E-state index in [9.17, 15) is 18.8 Å². The van der Waals surface area contributed by atoms with Gasteiger partial charge in [-0.2, -0.15) is 5.10 Å². The van der Waals surface area contributed by atoms with Gasteiger partial charge < -0.3 is 10.1 Å². The molecular weight excluding hydrogens is 425 g/mol. The molecule has 2 N–H and O–H groups in total. The van der Waals surface area contributed by atoms with Crippen molar-refractivity contribution in [3.63, 3.8) is 0 Å². The second kappa shape index (κ2) is 10.1. The number of rotatable bonds is 5. The number of amides is 2. The minimum absolute atomic E-state index is 0.125. The Morgan fingerprint density at radius 2 is 1.68 bits per heavy atom. The Bertz CT molecular complexity index is 1170. The van der Waals surface area contributed by atoms with Gasteiger partial charge in [-0.15, -0.1) is 0 Å². The van der Waals surface area contributed by atoms with Gasteiger partial charge in [0.05, 0.1) is 22.5 Å². The molecule has 7 nitrogen and oxygen atoms in total. The number of halogens is 2. The molecule has 0 bridgehead atoms. The number of hydrogen-bond acceptors (Lipinski definition) is 5. The van der Waals surface area contributed by atoms with Crippen LogP contribution in [-0.4, -0.2) is 24.0 Å². The lowest BCUT2D eigenvalue weighted by atomic mass is 10.2. The number of esters is 1. The smallest absolute Gasteiger partial charge is 0.345 e. The summed E-state index contributed by atoms with van der Waals surface area (Å²) in [5.41, 5.74) is 2.61. The Labute approximate surface area is 181 Å². The predicted molar refractivity (Wildman–Crippen MR) is 114 cm³/mol. The molecule has 0 aliphatic rings. The van der Waals surface area contributed by atoms with Crippen LogP contribution >= 0.6 is 11.6 Å². The summed E-state index contributed by atoms with van der Waals surface area (Å²) in [7, 11) is 0. The summed E-state index contributed by atoms with van der Waals surface area (Å²) in [5, 5.41) is 6.09. The summed E-state index contributed by atoms with van der Waals surface area (Å²) in [5.74, 6) is -3.23. The van der Waals surface area contributed by atoms with Crippen LogP contribution in [0.5, 0.6) is 5.75 Å². The molecule has 3 aromatic carbocycles. The van der Waals surface area contributed by atoms with E-state index >= 15 is 0 Å². The van der Waals surface area contributed by atoms with Crippen LogP contribution in [0.25, 0.3) is 0 Å². The molecule has 0 aliphatic carbocycles. The number of para-hydroxylation sites is 1. The topological polar surface area (TPSA) is 96.9 Å². The monoisotopic (exact) mass is 439 g/mol. The maximum absolute atomic E-state index is 13.5. The fourth-order valence-electron chi connectivity index (χ4n) is 2.40. The maximum atomic E-state index is 13.5. The predicted octanol–water partition coefficient (Wildman–Crippen LogP) is 3.79. The van der Waals surface area contributed by atoms with Crippen LogP contribution in [0.15, 0.2) is 77.9 Å². The molecule has 0 heterocycles. The average Bonchev–Trinajstić information content (AvgIpc) is 2.75. The van der Waals surface area contributed by atoms with Crippen molar-refractivity contribution < 1.29 is 23.5 Å². The minimum atomic E-state index is -1.08. The molecule has 0 fully saturated rings. The standard InChI is InChI=1S/C22H15ClFN3O4/c23-17-9-2-1-8-16(17)22(30)31-15-7-5-6-14(12-15)13-25-27-21(29)20(28)26-19-11-4-3-10-18(19)24/h1-13H,(H,26,28)(H,27,29)/b25-13+. The number of benzene rings is 3. The molecule has 0 unspecified atom stereocenters. The normalized spacial score (nSPS) is 10.5. The number of hydrogen-bond donors (Lipinski definition) is 2. The summed E-state index contributed by atoms with van der Waals surface area (Å²) in [6.45, 7) is 0. The lowest BCUT2D eigenvalue weighted by Gasteiger charge is -2.06. The molecule has 156 valence electrons. The Kier molecular flexibility index (Phi) is 7.08. The Morgan fingerprint density at radius 1 is 0.935 bits per heavy atom. The average molecular weight is 440 g/mol. The van der Waals surface area contributed by atoms with Crippen LogP contribution in [0.1, 0.15) is 15.9 Å². The van der Waals surface area contributed by atoms with Gasteiger partial charge in [-0.25, -0.2) is 14.6 Å². The van der Waals surface area contributed by atoms with Gasteiger partial charge in [0, 0.05) is 0 Å². The molecule has 3 rings (SSSR count). The zero-order valence-electron chi connectivity index (χ0n) is 15.8. The van der Waals surface area contributed by atoms with Crippen molar-refractivity contribution in [3.05, 3.63) is 94.8 Å². The largest absolute Gasteiger partial charge is 0.423 e. The van der Waals surface area contributed by atoms with E-state index in [1.165, 1.54) is 36.5 Å². The molecule has 3 aromatic rings. The first-order valence-electron chi connectivity index (χ1n) is 8.90. The molecule has 31 heavy (non-hydrogen) atoms. The second-order valence-electron chi connectivity index (χ2n) is 6.07. The quantitative estimate of drug-likeness (QED) is 0.208. The fraction of sp³-hybridized carbons (Fsp3) is 0. The number of anilines is 1. The Balaban J connectivity index is 1.58. The third-order valence-electron chi connectivity index (χ3n) is 3.87. The number of carbonyl (C=O) groups excluding carboxylic acids is 3. The van der Waals surface area contributed by atoms with E-state index in [-0.39, 0.29) is 22.0 Å². The molecule has 0 radical (unpaired) electrons. The molecule has 0 atom stereocenters. The molecule has 0 saturated heterocycles. The van der Waals surface area contributed by atoms with Crippen molar-refractivity contribution in [3.8, 4) is 5.75 Å². The highest BCUT2D eigenvalue weighted by Gasteiger charge is 2.15. The van der Waals surface area contributed by atoms with E-state index in [1.807, 2.05) is 5.43 Å². The summed E-state index contributed by atoms with van der Waals surface area (Å²) < 4.78 is 18.8. The third kappa shape index (κ3) is 5.97. The zero-order chi connectivity index (χ0) is 22.2. The molecular formula is C22H15ClFN3O4. The molecule has 2 amide bonds. The number of nitrogens with zero attached hydrogens (tertiary/aromatic N) is 1. The van der Waals surface area contributed by atoms with Crippen molar-refractivity contribution in [1.29, 1.82) is 0 Å². The van der Waals surface area contributed by atoms with Crippen molar-refractivity contribution in [2.75, 3.05) is 5.32 Å². The van der Waals surface area contributed by atoms with Crippen LogP contribution < -0.4 is 15.5 Å². The van der Waals surface area contributed by atoms with Crippen molar-refractivity contribution in [2.45, 2.75) is 0 Å². The van der Waals surface area contributed by atoms with Gasteiger partial charge in [0.1, 0.15) is 11.6 Å².